The van der Waals surface area contributed by atoms with Crippen molar-refractivity contribution in [3.8, 4) is 0 Å². The normalized spacial score (nSPS) is 27.0. The highest BCUT2D eigenvalue weighted by atomic mass is 32.2. The Hall–Kier alpha value is -1.68. The number of aromatic nitrogens is 3. The molecule has 9 nitrogen and oxygen atoms in total. The van der Waals surface area contributed by atoms with Gasteiger partial charge < -0.3 is 14.4 Å². The molecule has 1 aromatic rings. The Labute approximate surface area is 135 Å². The van der Waals surface area contributed by atoms with Gasteiger partial charge in [0.05, 0.1) is 24.1 Å². The van der Waals surface area contributed by atoms with E-state index < -0.39 is 9.84 Å². The Morgan fingerprint density at radius 2 is 2.00 bits per heavy atom. The van der Waals surface area contributed by atoms with Crippen LogP contribution in [-0.4, -0.2) is 94.7 Å². The van der Waals surface area contributed by atoms with E-state index in [4.69, 9.17) is 0 Å². The van der Waals surface area contributed by atoms with Crippen LogP contribution in [0.3, 0.4) is 0 Å². The molecule has 3 rings (SSSR count). The highest BCUT2D eigenvalue weighted by Gasteiger charge is 2.48. The molecule has 2 aliphatic heterocycles. The Bertz CT molecular complexity index is 700. The summed E-state index contributed by atoms with van der Waals surface area (Å²) in [4.78, 5) is 17.6. The molecular weight excluding hydrogens is 320 g/mol. The van der Waals surface area contributed by atoms with Crippen molar-refractivity contribution in [3.63, 3.8) is 0 Å². The maximum absolute atomic E-state index is 12.3. The topological polar surface area (TPSA) is 91.6 Å². The molecule has 128 valence electrons. The zero-order valence-electron chi connectivity index (χ0n) is 13.6. The highest BCUT2D eigenvalue weighted by molar-refractivity contribution is 7.91. The van der Waals surface area contributed by atoms with Gasteiger partial charge in [0.1, 0.15) is 12.2 Å². The monoisotopic (exact) mass is 342 g/mol. The maximum Gasteiger partial charge on any atom is 0.319 e. The molecule has 2 amide bonds. The van der Waals surface area contributed by atoms with E-state index in [9.17, 15) is 13.2 Å². The van der Waals surface area contributed by atoms with Crippen LogP contribution in [0.4, 0.5) is 4.79 Å². The third-order valence-electron chi connectivity index (χ3n) is 4.57. The van der Waals surface area contributed by atoms with E-state index in [1.165, 1.54) is 4.90 Å². The molecule has 0 radical (unpaired) electrons. The van der Waals surface area contributed by atoms with Gasteiger partial charge >= 0.3 is 6.03 Å². The first kappa shape index (κ1) is 16.2. The first-order chi connectivity index (χ1) is 10.8. The lowest BCUT2D eigenvalue weighted by atomic mass is 10.1. The highest BCUT2D eigenvalue weighted by Crippen LogP contribution is 2.28. The number of hydrogen-bond acceptors (Lipinski definition) is 6. The summed E-state index contributed by atoms with van der Waals surface area (Å²) >= 11 is 0. The fourth-order valence-electron chi connectivity index (χ4n) is 3.35. The van der Waals surface area contributed by atoms with Crippen LogP contribution in [0.2, 0.25) is 0 Å². The van der Waals surface area contributed by atoms with Crippen molar-refractivity contribution in [1.82, 2.24) is 29.5 Å². The molecule has 0 unspecified atom stereocenters. The van der Waals surface area contributed by atoms with Gasteiger partial charge in [-0.1, -0.05) is 0 Å². The van der Waals surface area contributed by atoms with Gasteiger partial charge in [0.2, 0.25) is 0 Å². The van der Waals surface area contributed by atoms with Crippen LogP contribution in [0.1, 0.15) is 5.82 Å². The zero-order chi connectivity index (χ0) is 16.8. The molecular formula is C13H22N6O3S. The number of aryl methyl sites for hydroxylation is 1. The SMILES string of the molecule is CN(C)C(=O)N1CCN(Cc2nncn2C)[C@@H]2CS(=O)(=O)C[C@@H]21. The Morgan fingerprint density at radius 3 is 2.61 bits per heavy atom. The molecule has 23 heavy (non-hydrogen) atoms. The minimum atomic E-state index is -3.14. The predicted octanol–water partition coefficient (Wildman–Crippen LogP) is -1.22. The van der Waals surface area contributed by atoms with E-state index in [0.29, 0.717) is 19.6 Å². The number of carbonyl (C=O) groups is 1. The molecule has 3 heterocycles. The lowest BCUT2D eigenvalue weighted by Gasteiger charge is -2.44. The van der Waals surface area contributed by atoms with Gasteiger partial charge in [-0.3, -0.25) is 4.90 Å². The van der Waals surface area contributed by atoms with Crippen molar-refractivity contribution in [2.45, 2.75) is 18.6 Å². The van der Waals surface area contributed by atoms with E-state index in [2.05, 4.69) is 15.1 Å². The van der Waals surface area contributed by atoms with E-state index in [0.717, 1.165) is 5.82 Å². The van der Waals surface area contributed by atoms with Crippen LogP contribution in [0.25, 0.3) is 0 Å². The smallest absolute Gasteiger partial charge is 0.319 e. The second kappa shape index (κ2) is 5.75. The van der Waals surface area contributed by atoms with Crippen LogP contribution >= 0.6 is 0 Å². The van der Waals surface area contributed by atoms with Crippen molar-refractivity contribution in [2.75, 3.05) is 38.7 Å². The summed E-state index contributed by atoms with van der Waals surface area (Å²) in [7, 11) is 2.10. The molecule has 0 aliphatic carbocycles. The van der Waals surface area contributed by atoms with Crippen molar-refractivity contribution in [1.29, 1.82) is 0 Å². The van der Waals surface area contributed by atoms with Crippen LogP contribution < -0.4 is 0 Å². The molecule has 0 aromatic carbocycles. The van der Waals surface area contributed by atoms with Gasteiger partial charge in [-0.25, -0.2) is 13.2 Å². The standard InChI is InChI=1S/C13H22N6O3S/c1-16(2)13(20)19-5-4-18(6-12-15-14-9-17(12)3)10-7-23(21,22)8-11(10)19/h9-11H,4-8H2,1-3H3/t10-,11+/m1/s1. The quantitative estimate of drug-likeness (QED) is 0.669. The summed E-state index contributed by atoms with van der Waals surface area (Å²) in [6.45, 7) is 1.69. The number of urea groups is 1. The first-order valence-electron chi connectivity index (χ1n) is 7.54. The summed E-state index contributed by atoms with van der Waals surface area (Å²) in [6, 6.07) is -0.610. The van der Waals surface area contributed by atoms with E-state index in [-0.39, 0.29) is 29.6 Å². The average Bonchev–Trinajstić information content (AvgIpc) is 3.01. The van der Waals surface area contributed by atoms with Crippen molar-refractivity contribution in [3.05, 3.63) is 12.2 Å². The van der Waals surface area contributed by atoms with Crippen LogP contribution in [0.5, 0.6) is 0 Å². The van der Waals surface area contributed by atoms with Gasteiger partial charge in [0, 0.05) is 40.3 Å². The number of nitrogens with zero attached hydrogens (tertiary/aromatic N) is 6. The van der Waals surface area contributed by atoms with E-state index in [1.807, 2.05) is 11.6 Å². The number of fused-ring (bicyclic) bond motifs is 1. The first-order valence-corrected chi connectivity index (χ1v) is 9.36. The summed E-state index contributed by atoms with van der Waals surface area (Å²) < 4.78 is 26.1. The zero-order valence-corrected chi connectivity index (χ0v) is 14.4. The minimum Gasteiger partial charge on any atom is -0.331 e. The second-order valence-electron chi connectivity index (χ2n) is 6.41. The fraction of sp³-hybridized carbons (Fsp3) is 0.769. The Kier molecular flexibility index (Phi) is 4.05. The second-order valence-corrected chi connectivity index (χ2v) is 8.56. The van der Waals surface area contributed by atoms with E-state index in [1.54, 1.807) is 25.3 Å². The molecule has 2 aliphatic rings. The maximum atomic E-state index is 12.3. The predicted molar refractivity (Wildman–Crippen MR) is 83.4 cm³/mol. The largest absolute Gasteiger partial charge is 0.331 e. The van der Waals surface area contributed by atoms with Gasteiger partial charge in [-0.15, -0.1) is 10.2 Å². The minimum absolute atomic E-state index is 0.0343. The van der Waals surface area contributed by atoms with Gasteiger partial charge in [-0.05, 0) is 0 Å². The molecule has 1 aromatic heterocycles. The van der Waals surface area contributed by atoms with Crippen LogP contribution in [-0.2, 0) is 23.4 Å². The van der Waals surface area contributed by atoms with Crippen LogP contribution in [0, 0.1) is 0 Å². The van der Waals surface area contributed by atoms with E-state index >= 15 is 0 Å². The number of amides is 2. The lowest BCUT2D eigenvalue weighted by molar-refractivity contribution is 0.0500. The molecule has 0 bridgehead atoms. The Morgan fingerprint density at radius 1 is 1.30 bits per heavy atom. The summed E-state index contributed by atoms with van der Waals surface area (Å²) in [6.07, 6.45) is 1.63. The number of hydrogen-bond donors (Lipinski definition) is 0. The fourth-order valence-corrected chi connectivity index (χ4v) is 5.36. The molecule has 0 N–H and O–H groups in total. The Balaban J connectivity index is 1.84. The summed E-state index contributed by atoms with van der Waals surface area (Å²) in [5, 5.41) is 7.94. The van der Waals surface area contributed by atoms with Gasteiger partial charge in [-0.2, -0.15) is 0 Å². The number of carbonyl (C=O) groups excluding carboxylic acids is 1. The number of piperazine rings is 1. The molecule has 2 saturated heterocycles. The molecule has 2 atom stereocenters. The number of sulfone groups is 1. The summed E-state index contributed by atoms with van der Waals surface area (Å²) in [5.74, 6) is 0.916. The van der Waals surface area contributed by atoms with Crippen molar-refractivity contribution >= 4 is 15.9 Å². The number of rotatable bonds is 2. The van der Waals surface area contributed by atoms with Crippen molar-refractivity contribution < 1.29 is 13.2 Å². The van der Waals surface area contributed by atoms with Gasteiger partial charge in [0.25, 0.3) is 0 Å². The summed E-state index contributed by atoms with van der Waals surface area (Å²) in [5.41, 5.74) is 0. The molecule has 0 spiro atoms. The molecule has 2 fully saturated rings. The van der Waals surface area contributed by atoms with Crippen LogP contribution in [0.15, 0.2) is 6.33 Å². The lowest BCUT2D eigenvalue weighted by Crippen LogP contribution is -2.61. The third kappa shape index (κ3) is 3.05. The van der Waals surface area contributed by atoms with Gasteiger partial charge in [0.15, 0.2) is 9.84 Å². The molecule has 10 heteroatoms. The average molecular weight is 342 g/mol. The third-order valence-corrected chi connectivity index (χ3v) is 6.27. The van der Waals surface area contributed by atoms with Crippen molar-refractivity contribution in [2.24, 2.45) is 7.05 Å². The molecule has 0 saturated carbocycles.